The standard InChI is InChI=1S/C25H31NO3/c1-19-17-22(29-16-15-26-13-7-4-8-14-26)18-20(2)25(19)23(27)12-11-21-9-5-6-10-24(21)28-3/h5-6,9-12,17-18H,4,7-8,13-16H2,1-3H3. The van der Waals surface area contributed by atoms with Crippen molar-refractivity contribution in [3.63, 3.8) is 0 Å². The average molecular weight is 394 g/mol. The predicted molar refractivity (Wildman–Crippen MR) is 118 cm³/mol. The van der Waals surface area contributed by atoms with E-state index in [1.54, 1.807) is 13.2 Å². The van der Waals surface area contributed by atoms with Crippen molar-refractivity contribution in [1.82, 2.24) is 4.90 Å². The third kappa shape index (κ3) is 5.70. The van der Waals surface area contributed by atoms with Gasteiger partial charge < -0.3 is 9.47 Å². The van der Waals surface area contributed by atoms with Crippen LogP contribution >= 0.6 is 0 Å². The number of hydrogen-bond donors (Lipinski definition) is 0. The third-order valence-electron chi connectivity index (χ3n) is 5.43. The number of carbonyl (C=O) groups is 1. The molecule has 1 aliphatic rings. The average Bonchev–Trinajstić information content (AvgIpc) is 2.72. The summed E-state index contributed by atoms with van der Waals surface area (Å²) in [4.78, 5) is 15.3. The first-order chi connectivity index (χ1) is 14.1. The maximum absolute atomic E-state index is 12.8. The molecule has 0 radical (unpaired) electrons. The highest BCUT2D eigenvalue weighted by atomic mass is 16.5. The van der Waals surface area contributed by atoms with Gasteiger partial charge in [-0.2, -0.15) is 0 Å². The molecule has 1 saturated heterocycles. The number of ketones is 1. The third-order valence-corrected chi connectivity index (χ3v) is 5.43. The summed E-state index contributed by atoms with van der Waals surface area (Å²) in [6.45, 7) is 7.92. The second-order valence-corrected chi connectivity index (χ2v) is 7.62. The Morgan fingerprint density at radius 2 is 1.76 bits per heavy atom. The molecular formula is C25H31NO3. The summed E-state index contributed by atoms with van der Waals surface area (Å²) < 4.78 is 11.3. The van der Waals surface area contributed by atoms with E-state index in [4.69, 9.17) is 9.47 Å². The van der Waals surface area contributed by atoms with Gasteiger partial charge in [0.1, 0.15) is 18.1 Å². The second-order valence-electron chi connectivity index (χ2n) is 7.62. The zero-order valence-corrected chi connectivity index (χ0v) is 17.7. The summed E-state index contributed by atoms with van der Waals surface area (Å²) in [6.07, 6.45) is 7.35. The predicted octanol–water partition coefficient (Wildman–Crippen LogP) is 5.07. The van der Waals surface area contributed by atoms with Crippen LogP contribution in [0.1, 0.15) is 46.3 Å². The lowest BCUT2D eigenvalue weighted by molar-refractivity contribution is 0.104. The Balaban J connectivity index is 1.65. The number of aryl methyl sites for hydroxylation is 2. The fourth-order valence-corrected chi connectivity index (χ4v) is 3.92. The van der Waals surface area contributed by atoms with Gasteiger partial charge in [-0.25, -0.2) is 0 Å². The Morgan fingerprint density at radius 1 is 1.07 bits per heavy atom. The van der Waals surface area contributed by atoms with E-state index >= 15 is 0 Å². The number of rotatable bonds is 8. The van der Waals surface area contributed by atoms with Crippen LogP contribution < -0.4 is 9.47 Å². The number of piperidine rings is 1. The molecule has 0 unspecified atom stereocenters. The molecule has 0 amide bonds. The number of likely N-dealkylation sites (tertiary alicyclic amines) is 1. The van der Waals surface area contributed by atoms with Crippen LogP contribution in [0, 0.1) is 13.8 Å². The van der Waals surface area contributed by atoms with Gasteiger partial charge in [0, 0.05) is 17.7 Å². The SMILES string of the molecule is COc1ccccc1C=CC(=O)c1c(C)cc(OCCN2CCCCC2)cc1C. The van der Waals surface area contributed by atoms with Crippen molar-refractivity contribution in [2.75, 3.05) is 33.4 Å². The van der Waals surface area contributed by atoms with E-state index in [1.165, 1.54) is 32.4 Å². The van der Waals surface area contributed by atoms with E-state index in [1.807, 2.05) is 56.3 Å². The van der Waals surface area contributed by atoms with E-state index in [9.17, 15) is 4.79 Å². The van der Waals surface area contributed by atoms with Crippen LogP contribution in [0.15, 0.2) is 42.5 Å². The lowest BCUT2D eigenvalue weighted by atomic mass is 9.98. The minimum absolute atomic E-state index is 0.00854. The van der Waals surface area contributed by atoms with Gasteiger partial charge in [-0.1, -0.05) is 24.6 Å². The molecule has 4 heteroatoms. The Hall–Kier alpha value is -2.59. The lowest BCUT2D eigenvalue weighted by Gasteiger charge is -2.26. The van der Waals surface area contributed by atoms with Crippen LogP contribution in [-0.4, -0.2) is 44.0 Å². The van der Waals surface area contributed by atoms with Crippen LogP contribution in [0.25, 0.3) is 6.08 Å². The first-order valence-corrected chi connectivity index (χ1v) is 10.4. The van der Waals surface area contributed by atoms with Crippen LogP contribution in [0.2, 0.25) is 0 Å². The smallest absolute Gasteiger partial charge is 0.186 e. The summed E-state index contributed by atoms with van der Waals surface area (Å²) in [5.41, 5.74) is 3.50. The molecule has 0 atom stereocenters. The number of carbonyl (C=O) groups excluding carboxylic acids is 1. The van der Waals surface area contributed by atoms with Gasteiger partial charge in [0.2, 0.25) is 0 Å². The molecule has 1 fully saturated rings. The summed E-state index contributed by atoms with van der Waals surface area (Å²) in [5, 5.41) is 0. The summed E-state index contributed by atoms with van der Waals surface area (Å²) in [6, 6.07) is 11.6. The van der Waals surface area contributed by atoms with Gasteiger partial charge in [0.25, 0.3) is 0 Å². The Bertz CT molecular complexity index is 843. The van der Waals surface area contributed by atoms with Gasteiger partial charge in [0.05, 0.1) is 7.11 Å². The van der Waals surface area contributed by atoms with Crippen molar-refractivity contribution in [1.29, 1.82) is 0 Å². The normalized spacial score (nSPS) is 14.9. The van der Waals surface area contributed by atoms with Crippen LogP contribution in [0.4, 0.5) is 0 Å². The first-order valence-electron chi connectivity index (χ1n) is 10.4. The van der Waals surface area contributed by atoms with Gasteiger partial charge in [0.15, 0.2) is 5.78 Å². The number of para-hydroxylation sites is 1. The molecule has 0 N–H and O–H groups in total. The number of benzene rings is 2. The monoisotopic (exact) mass is 393 g/mol. The molecule has 0 saturated carbocycles. The van der Waals surface area contributed by atoms with Crippen LogP contribution in [0.3, 0.4) is 0 Å². The molecule has 154 valence electrons. The topological polar surface area (TPSA) is 38.8 Å². The zero-order valence-electron chi connectivity index (χ0n) is 17.7. The zero-order chi connectivity index (χ0) is 20.6. The molecule has 1 aliphatic heterocycles. The summed E-state index contributed by atoms with van der Waals surface area (Å²) in [5.74, 6) is 1.58. The number of ether oxygens (including phenoxy) is 2. The number of methoxy groups -OCH3 is 1. The summed E-state index contributed by atoms with van der Waals surface area (Å²) >= 11 is 0. The van der Waals surface area contributed by atoms with E-state index in [2.05, 4.69) is 4.90 Å². The Labute approximate surface area is 174 Å². The fraction of sp³-hybridized carbons (Fsp3) is 0.400. The van der Waals surface area contributed by atoms with Crippen molar-refractivity contribution < 1.29 is 14.3 Å². The molecule has 0 spiro atoms. The van der Waals surface area contributed by atoms with Crippen molar-refractivity contribution in [2.24, 2.45) is 0 Å². The number of allylic oxidation sites excluding steroid dienone is 1. The molecule has 2 aromatic rings. The molecule has 0 aliphatic carbocycles. The van der Waals surface area contributed by atoms with Gasteiger partial charge in [-0.3, -0.25) is 9.69 Å². The minimum Gasteiger partial charge on any atom is -0.496 e. The van der Waals surface area contributed by atoms with Crippen molar-refractivity contribution in [2.45, 2.75) is 33.1 Å². The molecular weight excluding hydrogens is 362 g/mol. The van der Waals surface area contributed by atoms with Crippen molar-refractivity contribution in [3.8, 4) is 11.5 Å². The highest BCUT2D eigenvalue weighted by Gasteiger charge is 2.13. The van der Waals surface area contributed by atoms with Gasteiger partial charge in [-0.15, -0.1) is 0 Å². The quantitative estimate of drug-likeness (QED) is 0.463. The van der Waals surface area contributed by atoms with Gasteiger partial charge in [-0.05, 0) is 81.3 Å². The van der Waals surface area contributed by atoms with Crippen molar-refractivity contribution >= 4 is 11.9 Å². The molecule has 1 heterocycles. The first kappa shape index (κ1) is 21.1. The molecule has 2 aromatic carbocycles. The summed E-state index contributed by atoms with van der Waals surface area (Å²) in [7, 11) is 1.63. The number of hydrogen-bond acceptors (Lipinski definition) is 4. The Kier molecular flexibility index (Phi) is 7.48. The highest BCUT2D eigenvalue weighted by molar-refractivity contribution is 6.09. The van der Waals surface area contributed by atoms with Gasteiger partial charge >= 0.3 is 0 Å². The lowest BCUT2D eigenvalue weighted by Crippen LogP contribution is -2.33. The maximum atomic E-state index is 12.8. The van der Waals surface area contributed by atoms with E-state index in [0.29, 0.717) is 6.61 Å². The van der Waals surface area contributed by atoms with E-state index in [-0.39, 0.29) is 5.78 Å². The van der Waals surface area contributed by atoms with Crippen LogP contribution in [-0.2, 0) is 0 Å². The van der Waals surface area contributed by atoms with Crippen molar-refractivity contribution in [3.05, 3.63) is 64.7 Å². The van der Waals surface area contributed by atoms with E-state index < -0.39 is 0 Å². The molecule has 0 bridgehead atoms. The second kappa shape index (κ2) is 10.3. The Morgan fingerprint density at radius 3 is 2.45 bits per heavy atom. The molecule has 0 aromatic heterocycles. The molecule has 4 nitrogen and oxygen atoms in total. The maximum Gasteiger partial charge on any atom is 0.186 e. The highest BCUT2D eigenvalue weighted by Crippen LogP contribution is 2.24. The molecule has 3 rings (SSSR count). The minimum atomic E-state index is -0.00854. The van der Waals surface area contributed by atoms with E-state index in [0.717, 1.165) is 40.3 Å². The largest absolute Gasteiger partial charge is 0.496 e. The fourth-order valence-electron chi connectivity index (χ4n) is 3.92. The van der Waals surface area contributed by atoms with Crippen LogP contribution in [0.5, 0.6) is 11.5 Å². The molecule has 29 heavy (non-hydrogen) atoms. The number of nitrogens with zero attached hydrogens (tertiary/aromatic N) is 1.